The molecule has 1 aromatic carbocycles. The molecule has 0 bridgehead atoms. The van der Waals surface area contributed by atoms with E-state index >= 15 is 0 Å². The average Bonchev–Trinajstić information content (AvgIpc) is 2.21. The molecule has 1 rings (SSSR count). The van der Waals surface area contributed by atoms with Gasteiger partial charge in [0.05, 0.1) is 5.41 Å². The molecule has 3 nitrogen and oxygen atoms in total. The number of hydrogen-bond acceptors (Lipinski definition) is 2. The number of benzene rings is 1. The number of nitrogens with one attached hydrogen (secondary N) is 1. The van der Waals surface area contributed by atoms with E-state index in [1.807, 2.05) is 45.0 Å². The monoisotopic (exact) mass is 206 g/mol. The summed E-state index contributed by atoms with van der Waals surface area (Å²) in [6.45, 7) is 6.01. The molecule has 0 atom stereocenters. The van der Waals surface area contributed by atoms with Gasteiger partial charge in [0, 0.05) is 12.2 Å². The molecule has 0 aliphatic heterocycles. The molecule has 0 spiro atoms. The van der Waals surface area contributed by atoms with Crippen molar-refractivity contribution in [1.29, 1.82) is 0 Å². The van der Waals surface area contributed by atoms with Crippen LogP contribution >= 0.6 is 0 Å². The fraction of sp³-hybridized carbons (Fsp3) is 0.417. The molecule has 3 heteroatoms. The second kappa shape index (κ2) is 4.45. The zero-order valence-corrected chi connectivity index (χ0v) is 9.50. The molecule has 0 radical (unpaired) electrons. The Hall–Kier alpha value is -1.35. The van der Waals surface area contributed by atoms with E-state index in [0.717, 1.165) is 5.69 Å². The molecule has 1 amide bonds. The fourth-order valence-corrected chi connectivity index (χ4v) is 1.03. The minimum absolute atomic E-state index is 0.0474. The van der Waals surface area contributed by atoms with Gasteiger partial charge in [0.15, 0.2) is 0 Å². The number of carbonyl (C=O) groups is 1. The Morgan fingerprint density at radius 1 is 1.33 bits per heavy atom. The first kappa shape index (κ1) is 11.7. The van der Waals surface area contributed by atoms with Crippen molar-refractivity contribution < 1.29 is 4.79 Å². The van der Waals surface area contributed by atoms with Crippen LogP contribution in [0.2, 0.25) is 0 Å². The molecule has 3 N–H and O–H groups in total. The number of carbonyl (C=O) groups excluding carboxylic acids is 1. The lowest BCUT2D eigenvalue weighted by Crippen LogP contribution is -2.37. The van der Waals surface area contributed by atoms with Gasteiger partial charge in [-0.2, -0.15) is 0 Å². The maximum absolute atomic E-state index is 11.8. The Bertz CT molecular complexity index is 341. The molecular weight excluding hydrogens is 188 g/mol. The van der Waals surface area contributed by atoms with Crippen molar-refractivity contribution >= 4 is 11.6 Å². The Kier molecular flexibility index (Phi) is 3.48. The highest BCUT2D eigenvalue weighted by Crippen LogP contribution is 2.17. The molecule has 0 aliphatic rings. The third-order valence-electron chi connectivity index (χ3n) is 2.43. The van der Waals surface area contributed by atoms with E-state index in [-0.39, 0.29) is 5.91 Å². The number of hydrogen-bond donors (Lipinski definition) is 2. The Morgan fingerprint density at radius 2 is 1.87 bits per heavy atom. The molecule has 0 aliphatic carbocycles. The lowest BCUT2D eigenvalue weighted by atomic mass is 9.92. The van der Waals surface area contributed by atoms with Gasteiger partial charge in [0.1, 0.15) is 0 Å². The van der Waals surface area contributed by atoms with Gasteiger partial charge in [-0.25, -0.2) is 0 Å². The van der Waals surface area contributed by atoms with Crippen molar-refractivity contribution in [2.24, 2.45) is 11.1 Å². The van der Waals surface area contributed by atoms with E-state index in [1.54, 1.807) is 0 Å². The normalized spacial score (nSPS) is 11.2. The Labute approximate surface area is 90.7 Å². The molecule has 1 aromatic rings. The van der Waals surface area contributed by atoms with Crippen molar-refractivity contribution in [1.82, 2.24) is 0 Å². The zero-order chi connectivity index (χ0) is 11.5. The van der Waals surface area contributed by atoms with E-state index < -0.39 is 5.41 Å². The van der Waals surface area contributed by atoms with Crippen molar-refractivity contribution in [2.75, 3.05) is 11.9 Å². The van der Waals surface area contributed by atoms with Gasteiger partial charge in [-0.05, 0) is 32.9 Å². The van der Waals surface area contributed by atoms with Crippen LogP contribution in [-0.4, -0.2) is 12.5 Å². The topological polar surface area (TPSA) is 55.1 Å². The second-order valence-corrected chi connectivity index (χ2v) is 4.41. The van der Waals surface area contributed by atoms with Crippen LogP contribution < -0.4 is 11.1 Å². The van der Waals surface area contributed by atoms with Crippen molar-refractivity contribution in [2.45, 2.75) is 20.8 Å². The van der Waals surface area contributed by atoms with Gasteiger partial charge < -0.3 is 11.1 Å². The van der Waals surface area contributed by atoms with Crippen LogP contribution in [0.5, 0.6) is 0 Å². The van der Waals surface area contributed by atoms with Crippen LogP contribution in [0.4, 0.5) is 5.69 Å². The zero-order valence-electron chi connectivity index (χ0n) is 9.50. The first-order valence-corrected chi connectivity index (χ1v) is 5.04. The minimum Gasteiger partial charge on any atom is -0.329 e. The van der Waals surface area contributed by atoms with Gasteiger partial charge in [-0.1, -0.05) is 17.7 Å². The minimum atomic E-state index is -0.523. The number of nitrogens with two attached hydrogens (primary N) is 1. The molecule has 0 heterocycles. The third kappa shape index (κ3) is 3.06. The van der Waals surface area contributed by atoms with Crippen molar-refractivity contribution in [3.63, 3.8) is 0 Å². The first-order chi connectivity index (χ1) is 6.95. The second-order valence-electron chi connectivity index (χ2n) is 4.41. The van der Waals surface area contributed by atoms with E-state index in [2.05, 4.69) is 5.32 Å². The van der Waals surface area contributed by atoms with E-state index in [4.69, 9.17) is 5.73 Å². The number of anilines is 1. The molecule has 0 saturated heterocycles. The van der Waals surface area contributed by atoms with Gasteiger partial charge in [-0.3, -0.25) is 4.79 Å². The van der Waals surface area contributed by atoms with Crippen LogP contribution in [-0.2, 0) is 4.79 Å². The lowest BCUT2D eigenvalue weighted by molar-refractivity contribution is -0.123. The molecular formula is C12H18N2O. The summed E-state index contributed by atoms with van der Waals surface area (Å²) >= 11 is 0. The number of rotatable bonds is 3. The summed E-state index contributed by atoms with van der Waals surface area (Å²) in [6, 6.07) is 7.70. The van der Waals surface area contributed by atoms with E-state index in [1.165, 1.54) is 5.56 Å². The summed E-state index contributed by atoms with van der Waals surface area (Å²) in [4.78, 5) is 11.8. The predicted octanol–water partition coefficient (Wildman–Crippen LogP) is 1.92. The van der Waals surface area contributed by atoms with Crippen LogP contribution in [0, 0.1) is 12.3 Å². The van der Waals surface area contributed by atoms with E-state index in [9.17, 15) is 4.79 Å². The molecule has 0 unspecified atom stereocenters. The molecule has 15 heavy (non-hydrogen) atoms. The van der Waals surface area contributed by atoms with Gasteiger partial charge in [-0.15, -0.1) is 0 Å². The van der Waals surface area contributed by atoms with Crippen LogP contribution in [0.25, 0.3) is 0 Å². The summed E-state index contributed by atoms with van der Waals surface area (Å²) in [5, 5.41) is 2.84. The smallest absolute Gasteiger partial charge is 0.231 e. The Balaban J connectivity index is 2.71. The summed E-state index contributed by atoms with van der Waals surface area (Å²) in [6.07, 6.45) is 0. The first-order valence-electron chi connectivity index (χ1n) is 5.04. The van der Waals surface area contributed by atoms with E-state index in [0.29, 0.717) is 6.54 Å². The highest BCUT2D eigenvalue weighted by molar-refractivity contribution is 5.94. The maximum Gasteiger partial charge on any atom is 0.231 e. The van der Waals surface area contributed by atoms with Gasteiger partial charge >= 0.3 is 0 Å². The van der Waals surface area contributed by atoms with Crippen LogP contribution in [0.3, 0.4) is 0 Å². The van der Waals surface area contributed by atoms with Crippen LogP contribution in [0.1, 0.15) is 19.4 Å². The van der Waals surface area contributed by atoms with Gasteiger partial charge in [0.2, 0.25) is 5.91 Å². The highest BCUT2D eigenvalue weighted by Gasteiger charge is 2.25. The SMILES string of the molecule is Cc1ccc(NC(=O)C(C)(C)CN)cc1. The molecule has 82 valence electrons. The Morgan fingerprint density at radius 3 is 2.33 bits per heavy atom. The number of amides is 1. The quantitative estimate of drug-likeness (QED) is 0.793. The molecule has 0 saturated carbocycles. The number of aryl methyl sites for hydroxylation is 1. The summed E-state index contributed by atoms with van der Waals surface area (Å²) in [5.74, 6) is -0.0474. The lowest BCUT2D eigenvalue weighted by Gasteiger charge is -2.21. The van der Waals surface area contributed by atoms with Gasteiger partial charge in [0.25, 0.3) is 0 Å². The summed E-state index contributed by atoms with van der Waals surface area (Å²) < 4.78 is 0. The largest absolute Gasteiger partial charge is 0.329 e. The van der Waals surface area contributed by atoms with Crippen molar-refractivity contribution in [3.8, 4) is 0 Å². The predicted molar refractivity (Wildman–Crippen MR) is 62.6 cm³/mol. The highest BCUT2D eigenvalue weighted by atomic mass is 16.2. The average molecular weight is 206 g/mol. The maximum atomic E-state index is 11.8. The fourth-order valence-electron chi connectivity index (χ4n) is 1.03. The summed E-state index contributed by atoms with van der Waals surface area (Å²) in [7, 11) is 0. The standard InChI is InChI=1S/C12H18N2O/c1-9-4-6-10(7-5-9)14-11(15)12(2,3)8-13/h4-7H,8,13H2,1-3H3,(H,14,15). The summed E-state index contributed by atoms with van der Waals surface area (Å²) in [5.41, 5.74) is 6.99. The van der Waals surface area contributed by atoms with Crippen molar-refractivity contribution in [3.05, 3.63) is 29.8 Å². The molecule has 0 fully saturated rings. The molecule has 0 aromatic heterocycles. The third-order valence-corrected chi connectivity index (χ3v) is 2.43. The van der Waals surface area contributed by atoms with Crippen LogP contribution in [0.15, 0.2) is 24.3 Å².